The minimum Gasteiger partial charge on any atom is -0.476 e. The number of ether oxygens (including phenoxy) is 1. The Hall–Kier alpha value is -1.91. The van der Waals surface area contributed by atoms with Crippen molar-refractivity contribution in [3.8, 4) is 11.8 Å². The van der Waals surface area contributed by atoms with Crippen LogP contribution in [0.2, 0.25) is 0 Å². The van der Waals surface area contributed by atoms with Crippen molar-refractivity contribution in [2.75, 3.05) is 0 Å². The highest BCUT2D eigenvalue weighted by atomic mass is 19.4. The van der Waals surface area contributed by atoms with Gasteiger partial charge in [0.15, 0.2) is 6.10 Å². The van der Waals surface area contributed by atoms with Crippen molar-refractivity contribution in [2.24, 2.45) is 0 Å². The van der Waals surface area contributed by atoms with E-state index in [1.165, 1.54) is 6.92 Å². The molecule has 1 aromatic carbocycles. The van der Waals surface area contributed by atoms with Gasteiger partial charge in [0.1, 0.15) is 11.8 Å². The van der Waals surface area contributed by atoms with Crippen LogP contribution in [0.15, 0.2) is 18.2 Å². The van der Waals surface area contributed by atoms with Crippen LogP contribution in [0.4, 0.5) is 26.3 Å². The van der Waals surface area contributed by atoms with E-state index >= 15 is 0 Å². The molecule has 0 aromatic heterocycles. The summed E-state index contributed by atoms with van der Waals surface area (Å²) in [6, 6.07) is 2.37. The van der Waals surface area contributed by atoms with E-state index in [0.29, 0.717) is 12.1 Å². The lowest BCUT2D eigenvalue weighted by molar-refractivity contribution is -0.143. The van der Waals surface area contributed by atoms with Crippen LogP contribution in [-0.2, 0) is 12.4 Å². The molecule has 0 aliphatic rings. The van der Waals surface area contributed by atoms with Gasteiger partial charge >= 0.3 is 12.4 Å². The molecule has 0 heterocycles. The molecule has 0 spiro atoms. The van der Waals surface area contributed by atoms with E-state index in [2.05, 4.69) is 4.74 Å². The first-order valence-electron chi connectivity index (χ1n) is 4.90. The molecule has 0 amide bonds. The van der Waals surface area contributed by atoms with Gasteiger partial charge in [-0.3, -0.25) is 0 Å². The summed E-state index contributed by atoms with van der Waals surface area (Å²) in [4.78, 5) is 0. The van der Waals surface area contributed by atoms with Crippen molar-refractivity contribution in [2.45, 2.75) is 25.4 Å². The molecule has 104 valence electrons. The molecule has 8 heteroatoms. The van der Waals surface area contributed by atoms with Gasteiger partial charge in [0, 0.05) is 0 Å². The third kappa shape index (κ3) is 4.05. The normalized spacial score (nSPS) is 13.8. The Morgan fingerprint density at radius 3 is 1.74 bits per heavy atom. The second-order valence-electron chi connectivity index (χ2n) is 3.63. The zero-order valence-electron chi connectivity index (χ0n) is 9.43. The molecule has 19 heavy (non-hydrogen) atoms. The summed E-state index contributed by atoms with van der Waals surface area (Å²) in [6.07, 6.45) is -11.0. The maximum Gasteiger partial charge on any atom is 0.416 e. The number of rotatable bonds is 2. The second kappa shape index (κ2) is 4.99. The molecule has 0 fully saturated rings. The van der Waals surface area contributed by atoms with Crippen molar-refractivity contribution >= 4 is 0 Å². The minimum absolute atomic E-state index is 0.0100. The molecule has 2 nitrogen and oxygen atoms in total. The molecule has 0 bridgehead atoms. The van der Waals surface area contributed by atoms with Crippen LogP contribution < -0.4 is 4.74 Å². The van der Waals surface area contributed by atoms with E-state index in [9.17, 15) is 26.3 Å². The summed E-state index contributed by atoms with van der Waals surface area (Å²) >= 11 is 0. The van der Waals surface area contributed by atoms with Crippen molar-refractivity contribution in [1.29, 1.82) is 5.26 Å². The van der Waals surface area contributed by atoms with Crippen molar-refractivity contribution < 1.29 is 31.1 Å². The highest BCUT2D eigenvalue weighted by molar-refractivity contribution is 5.37. The zero-order chi connectivity index (χ0) is 14.8. The summed E-state index contributed by atoms with van der Waals surface area (Å²) in [7, 11) is 0. The Morgan fingerprint density at radius 2 is 1.42 bits per heavy atom. The average molecular weight is 283 g/mol. The third-order valence-corrected chi connectivity index (χ3v) is 2.06. The molecule has 1 rings (SSSR count). The Morgan fingerprint density at radius 1 is 1.00 bits per heavy atom. The van der Waals surface area contributed by atoms with E-state index in [-0.39, 0.29) is 6.07 Å². The van der Waals surface area contributed by atoms with E-state index in [0.717, 1.165) is 0 Å². The molecule has 0 aliphatic heterocycles. The van der Waals surface area contributed by atoms with Gasteiger partial charge in [0.25, 0.3) is 0 Å². The molecule has 0 N–H and O–H groups in total. The molecular formula is C11H7F6NO. The predicted molar refractivity (Wildman–Crippen MR) is 52.1 cm³/mol. The lowest BCUT2D eigenvalue weighted by Gasteiger charge is -2.15. The maximum atomic E-state index is 12.5. The fraction of sp³-hybridized carbons (Fsp3) is 0.364. The monoisotopic (exact) mass is 283 g/mol. The zero-order valence-corrected chi connectivity index (χ0v) is 9.43. The molecule has 1 aromatic rings. The van der Waals surface area contributed by atoms with Gasteiger partial charge in [-0.25, -0.2) is 0 Å². The lowest BCUT2D eigenvalue weighted by Crippen LogP contribution is -2.14. The molecule has 1 unspecified atom stereocenters. The molecular weight excluding hydrogens is 276 g/mol. The minimum atomic E-state index is -4.94. The summed E-state index contributed by atoms with van der Waals surface area (Å²) in [5.74, 6) is -0.656. The smallest absolute Gasteiger partial charge is 0.416 e. The number of hydrogen-bond donors (Lipinski definition) is 0. The van der Waals surface area contributed by atoms with Crippen molar-refractivity contribution in [3.05, 3.63) is 29.3 Å². The van der Waals surface area contributed by atoms with Crippen LogP contribution in [-0.4, -0.2) is 6.10 Å². The van der Waals surface area contributed by atoms with Crippen LogP contribution in [0, 0.1) is 11.3 Å². The first kappa shape index (κ1) is 15.1. The quantitative estimate of drug-likeness (QED) is 0.768. The third-order valence-electron chi connectivity index (χ3n) is 2.06. The topological polar surface area (TPSA) is 33.0 Å². The summed E-state index contributed by atoms with van der Waals surface area (Å²) in [5, 5.41) is 8.43. The van der Waals surface area contributed by atoms with Gasteiger partial charge in [-0.05, 0) is 25.1 Å². The molecule has 0 aliphatic carbocycles. The Kier molecular flexibility index (Phi) is 3.98. The number of hydrogen-bond acceptors (Lipinski definition) is 2. The standard InChI is InChI=1S/C11H7F6NO/c1-6(5-18)19-9-3-7(10(12,13)14)2-8(4-9)11(15,16)17/h2-4,6H,1H3. The van der Waals surface area contributed by atoms with Gasteiger partial charge in [-0.15, -0.1) is 0 Å². The van der Waals surface area contributed by atoms with E-state index in [4.69, 9.17) is 5.26 Å². The van der Waals surface area contributed by atoms with Gasteiger partial charge < -0.3 is 4.74 Å². The molecule has 0 radical (unpaired) electrons. The van der Waals surface area contributed by atoms with Crippen LogP contribution in [0.3, 0.4) is 0 Å². The molecule has 0 saturated heterocycles. The summed E-state index contributed by atoms with van der Waals surface area (Å²) < 4.78 is 79.5. The molecule has 0 saturated carbocycles. The summed E-state index contributed by atoms with van der Waals surface area (Å²) in [6.45, 7) is 1.20. The van der Waals surface area contributed by atoms with Crippen LogP contribution in [0.1, 0.15) is 18.1 Å². The van der Waals surface area contributed by atoms with Gasteiger partial charge in [-0.2, -0.15) is 31.6 Å². The molecule has 1 atom stereocenters. The van der Waals surface area contributed by atoms with Crippen molar-refractivity contribution in [1.82, 2.24) is 0 Å². The number of alkyl halides is 6. The van der Waals surface area contributed by atoms with E-state index in [1.54, 1.807) is 6.07 Å². The summed E-state index contributed by atoms with van der Waals surface area (Å²) in [5.41, 5.74) is -2.97. The van der Waals surface area contributed by atoms with Gasteiger partial charge in [0.05, 0.1) is 11.1 Å². The Bertz CT molecular complexity index is 467. The van der Waals surface area contributed by atoms with Crippen molar-refractivity contribution in [3.63, 3.8) is 0 Å². The number of halogens is 6. The fourth-order valence-electron chi connectivity index (χ4n) is 1.22. The van der Waals surface area contributed by atoms with E-state index in [1.807, 2.05) is 0 Å². The van der Waals surface area contributed by atoms with E-state index < -0.39 is 35.3 Å². The number of benzene rings is 1. The first-order valence-corrected chi connectivity index (χ1v) is 4.90. The van der Waals surface area contributed by atoms with Crippen LogP contribution >= 0.6 is 0 Å². The maximum absolute atomic E-state index is 12.5. The second-order valence-corrected chi connectivity index (χ2v) is 3.63. The average Bonchev–Trinajstić information content (AvgIpc) is 2.26. The fourth-order valence-corrected chi connectivity index (χ4v) is 1.22. The largest absolute Gasteiger partial charge is 0.476 e. The SMILES string of the molecule is CC(C#N)Oc1cc(C(F)(F)F)cc(C(F)(F)F)c1. The number of nitriles is 1. The Balaban J connectivity index is 3.30. The first-order chi connectivity index (χ1) is 8.54. The highest BCUT2D eigenvalue weighted by Crippen LogP contribution is 2.38. The highest BCUT2D eigenvalue weighted by Gasteiger charge is 2.37. The van der Waals surface area contributed by atoms with Crippen LogP contribution in [0.25, 0.3) is 0 Å². The predicted octanol–water partition coefficient (Wildman–Crippen LogP) is 4.02. The lowest BCUT2D eigenvalue weighted by atomic mass is 10.1. The van der Waals surface area contributed by atoms with Gasteiger partial charge in [-0.1, -0.05) is 0 Å². The van der Waals surface area contributed by atoms with Gasteiger partial charge in [0.2, 0.25) is 0 Å². The number of nitrogens with zero attached hydrogens (tertiary/aromatic N) is 1. The van der Waals surface area contributed by atoms with Crippen LogP contribution in [0.5, 0.6) is 5.75 Å². The Labute approximate surface area is 104 Å².